The molecule has 0 atom stereocenters. The minimum absolute atomic E-state index is 0.0807. The molecule has 6 heteroatoms. The summed E-state index contributed by atoms with van der Waals surface area (Å²) in [5.41, 5.74) is 0.483. The van der Waals surface area contributed by atoms with Crippen LogP contribution in [0.5, 0.6) is 5.75 Å². The van der Waals surface area contributed by atoms with E-state index in [1.807, 2.05) is 0 Å². The number of hydrogen-bond donors (Lipinski definition) is 1. The normalized spacial score (nSPS) is 10.2. The molecule has 0 heterocycles. The maximum Gasteiger partial charge on any atom is 0.305 e. The van der Waals surface area contributed by atoms with Crippen molar-refractivity contribution in [3.63, 3.8) is 0 Å². The molecule has 0 spiro atoms. The van der Waals surface area contributed by atoms with E-state index in [-0.39, 0.29) is 18.9 Å². The first-order valence-corrected chi connectivity index (χ1v) is 6.72. The molecule has 0 aliphatic heterocycles. The minimum atomic E-state index is -0.926. The molecule has 116 valence electrons. The largest absolute Gasteiger partial charge is 0.497 e. The average Bonchev–Trinajstić information content (AvgIpc) is 2.50. The Bertz CT molecular complexity index is 475. The Kier molecular flexibility index (Phi) is 7.25. The summed E-state index contributed by atoms with van der Waals surface area (Å²) in [7, 11) is 3.12. The molecule has 1 N–H and O–H groups in total. The Morgan fingerprint density at radius 2 is 2.00 bits per heavy atom. The molecule has 0 bridgehead atoms. The summed E-state index contributed by atoms with van der Waals surface area (Å²) in [6, 6.07) is 6.82. The van der Waals surface area contributed by atoms with Crippen molar-refractivity contribution in [1.29, 1.82) is 0 Å². The van der Waals surface area contributed by atoms with Gasteiger partial charge in [-0.25, -0.2) is 0 Å². The van der Waals surface area contributed by atoms with Crippen molar-refractivity contribution in [2.24, 2.45) is 0 Å². The van der Waals surface area contributed by atoms with Crippen LogP contribution in [0.4, 0.5) is 0 Å². The summed E-state index contributed by atoms with van der Waals surface area (Å²) in [6.07, 6.45) is 0.578. The van der Waals surface area contributed by atoms with Gasteiger partial charge in [-0.05, 0) is 24.6 Å². The SMILES string of the molecule is COCCCN(CCC(=O)O)C(=O)c1cccc(OC)c1. The zero-order valence-corrected chi connectivity index (χ0v) is 12.4. The molecule has 0 aliphatic rings. The number of carbonyl (C=O) groups is 2. The van der Waals surface area contributed by atoms with Crippen LogP contribution in [0.15, 0.2) is 24.3 Å². The monoisotopic (exact) mass is 295 g/mol. The molecule has 1 aromatic rings. The molecule has 21 heavy (non-hydrogen) atoms. The highest BCUT2D eigenvalue weighted by Crippen LogP contribution is 2.15. The number of ether oxygens (including phenoxy) is 2. The van der Waals surface area contributed by atoms with Crippen LogP contribution in [0.1, 0.15) is 23.2 Å². The molecule has 1 amide bonds. The number of carboxylic acid groups (broad SMARTS) is 1. The fourth-order valence-electron chi connectivity index (χ4n) is 1.88. The summed E-state index contributed by atoms with van der Waals surface area (Å²) in [5, 5.41) is 8.79. The lowest BCUT2D eigenvalue weighted by Gasteiger charge is -2.22. The molecule has 0 saturated heterocycles. The van der Waals surface area contributed by atoms with Gasteiger partial charge in [-0.15, -0.1) is 0 Å². The molecule has 0 aromatic heterocycles. The predicted molar refractivity (Wildman–Crippen MR) is 77.6 cm³/mol. The van der Waals surface area contributed by atoms with Crippen molar-refractivity contribution >= 4 is 11.9 Å². The number of nitrogens with zero attached hydrogens (tertiary/aromatic N) is 1. The van der Waals surface area contributed by atoms with Crippen LogP contribution in [0.3, 0.4) is 0 Å². The number of amides is 1. The van der Waals surface area contributed by atoms with Crippen LogP contribution in [0.25, 0.3) is 0 Å². The highest BCUT2D eigenvalue weighted by atomic mass is 16.5. The molecule has 0 unspecified atom stereocenters. The van der Waals surface area contributed by atoms with Gasteiger partial charge in [-0.1, -0.05) is 6.07 Å². The van der Waals surface area contributed by atoms with Crippen LogP contribution >= 0.6 is 0 Å². The predicted octanol–water partition coefficient (Wildman–Crippen LogP) is 1.65. The van der Waals surface area contributed by atoms with Gasteiger partial charge in [0, 0.05) is 32.4 Å². The van der Waals surface area contributed by atoms with E-state index in [1.54, 1.807) is 31.4 Å². The number of methoxy groups -OCH3 is 2. The zero-order chi connectivity index (χ0) is 15.7. The Morgan fingerprint density at radius 3 is 2.62 bits per heavy atom. The maximum atomic E-state index is 12.5. The Balaban J connectivity index is 2.78. The van der Waals surface area contributed by atoms with E-state index in [4.69, 9.17) is 14.6 Å². The third kappa shape index (κ3) is 5.83. The summed E-state index contributed by atoms with van der Waals surface area (Å²) in [5.74, 6) is -0.535. The number of rotatable bonds is 9. The van der Waals surface area contributed by atoms with Gasteiger partial charge in [0.1, 0.15) is 5.75 Å². The second-order valence-electron chi connectivity index (χ2n) is 4.51. The number of aliphatic carboxylic acids is 1. The average molecular weight is 295 g/mol. The van der Waals surface area contributed by atoms with Crippen molar-refractivity contribution in [2.75, 3.05) is 33.9 Å². The van der Waals surface area contributed by atoms with Crippen LogP contribution in [0.2, 0.25) is 0 Å². The number of carboxylic acids is 1. The van der Waals surface area contributed by atoms with Crippen LogP contribution in [-0.2, 0) is 9.53 Å². The standard InChI is InChI=1S/C15H21NO5/c1-20-10-4-8-16(9-7-14(17)18)15(19)12-5-3-6-13(11-12)21-2/h3,5-6,11H,4,7-10H2,1-2H3,(H,17,18). The van der Waals surface area contributed by atoms with Gasteiger partial charge in [0.2, 0.25) is 0 Å². The van der Waals surface area contributed by atoms with Gasteiger partial charge in [0.25, 0.3) is 5.91 Å². The number of carbonyl (C=O) groups excluding carboxylic acids is 1. The highest BCUT2D eigenvalue weighted by Gasteiger charge is 2.17. The third-order valence-electron chi connectivity index (χ3n) is 2.98. The first-order chi connectivity index (χ1) is 10.1. The molecule has 0 saturated carbocycles. The smallest absolute Gasteiger partial charge is 0.305 e. The number of benzene rings is 1. The molecular formula is C15H21NO5. The van der Waals surface area contributed by atoms with E-state index in [9.17, 15) is 9.59 Å². The molecule has 0 radical (unpaired) electrons. The van der Waals surface area contributed by atoms with E-state index in [1.165, 1.54) is 12.0 Å². The van der Waals surface area contributed by atoms with Gasteiger partial charge < -0.3 is 19.5 Å². The second-order valence-corrected chi connectivity index (χ2v) is 4.51. The molecule has 6 nitrogen and oxygen atoms in total. The van der Waals surface area contributed by atoms with Gasteiger partial charge >= 0.3 is 5.97 Å². The van der Waals surface area contributed by atoms with Crippen molar-refractivity contribution < 1.29 is 24.2 Å². The van der Waals surface area contributed by atoms with Crippen LogP contribution < -0.4 is 4.74 Å². The van der Waals surface area contributed by atoms with Gasteiger partial charge in [-0.2, -0.15) is 0 Å². The van der Waals surface area contributed by atoms with Crippen molar-refractivity contribution in [2.45, 2.75) is 12.8 Å². The summed E-state index contributed by atoms with van der Waals surface area (Å²) in [6.45, 7) is 1.15. The van der Waals surface area contributed by atoms with Gasteiger partial charge in [-0.3, -0.25) is 9.59 Å². The Hall–Kier alpha value is -2.08. The first kappa shape index (κ1) is 17.0. The Morgan fingerprint density at radius 1 is 1.24 bits per heavy atom. The van der Waals surface area contributed by atoms with Crippen molar-refractivity contribution in [1.82, 2.24) is 4.90 Å². The van der Waals surface area contributed by atoms with E-state index < -0.39 is 5.97 Å². The van der Waals surface area contributed by atoms with E-state index in [0.717, 1.165) is 0 Å². The van der Waals surface area contributed by atoms with Crippen LogP contribution in [-0.4, -0.2) is 55.8 Å². The topological polar surface area (TPSA) is 76.1 Å². The fraction of sp³-hybridized carbons (Fsp3) is 0.467. The fourth-order valence-corrected chi connectivity index (χ4v) is 1.88. The molecule has 0 aliphatic carbocycles. The molecule has 0 fully saturated rings. The van der Waals surface area contributed by atoms with E-state index >= 15 is 0 Å². The molecule has 1 aromatic carbocycles. The molecule has 1 rings (SSSR count). The zero-order valence-electron chi connectivity index (χ0n) is 12.4. The lowest BCUT2D eigenvalue weighted by Crippen LogP contribution is -2.34. The highest BCUT2D eigenvalue weighted by molar-refractivity contribution is 5.94. The van der Waals surface area contributed by atoms with E-state index in [2.05, 4.69) is 0 Å². The lowest BCUT2D eigenvalue weighted by atomic mass is 10.1. The first-order valence-electron chi connectivity index (χ1n) is 6.72. The van der Waals surface area contributed by atoms with Crippen LogP contribution in [0, 0.1) is 0 Å². The minimum Gasteiger partial charge on any atom is -0.497 e. The maximum absolute atomic E-state index is 12.5. The summed E-state index contributed by atoms with van der Waals surface area (Å²) >= 11 is 0. The van der Waals surface area contributed by atoms with E-state index in [0.29, 0.717) is 30.9 Å². The van der Waals surface area contributed by atoms with Gasteiger partial charge in [0.15, 0.2) is 0 Å². The van der Waals surface area contributed by atoms with Crippen molar-refractivity contribution in [3.8, 4) is 5.75 Å². The summed E-state index contributed by atoms with van der Waals surface area (Å²) < 4.78 is 10.1. The van der Waals surface area contributed by atoms with Gasteiger partial charge in [0.05, 0.1) is 13.5 Å². The lowest BCUT2D eigenvalue weighted by molar-refractivity contribution is -0.137. The third-order valence-corrected chi connectivity index (χ3v) is 2.98. The molecular weight excluding hydrogens is 274 g/mol. The van der Waals surface area contributed by atoms with Crippen molar-refractivity contribution in [3.05, 3.63) is 29.8 Å². The quantitative estimate of drug-likeness (QED) is 0.701. The Labute approximate surface area is 124 Å². The second kappa shape index (κ2) is 8.97. The summed E-state index contributed by atoms with van der Waals surface area (Å²) in [4.78, 5) is 24.7. The number of hydrogen-bond acceptors (Lipinski definition) is 4.